The predicted molar refractivity (Wildman–Crippen MR) is 60.4 cm³/mol. The molecule has 0 saturated heterocycles. The van der Waals surface area contributed by atoms with Gasteiger partial charge in [-0.1, -0.05) is 0 Å². The van der Waals surface area contributed by atoms with E-state index in [9.17, 15) is 4.79 Å². The maximum Gasteiger partial charge on any atom is 0.292 e. The highest BCUT2D eigenvalue weighted by Gasteiger charge is 2.25. The highest BCUT2D eigenvalue weighted by molar-refractivity contribution is 5.80. The predicted octanol–water partition coefficient (Wildman–Crippen LogP) is -0.751. The second kappa shape index (κ2) is 3.15. The summed E-state index contributed by atoms with van der Waals surface area (Å²) in [5.41, 5.74) is 7.10. The second-order valence-electron chi connectivity index (χ2n) is 3.85. The third-order valence-corrected chi connectivity index (χ3v) is 2.76. The molecule has 0 spiro atoms. The molecule has 0 radical (unpaired) electrons. The molecule has 6 heteroatoms. The Morgan fingerprint density at radius 2 is 1.67 bits per heavy atom. The van der Waals surface area contributed by atoms with E-state index >= 15 is 0 Å². The molecule has 0 aliphatic carbocycles. The molecule has 15 heavy (non-hydrogen) atoms. The Balaban J connectivity index is 2.77. The van der Waals surface area contributed by atoms with Crippen LogP contribution in [-0.2, 0) is 7.05 Å². The zero-order chi connectivity index (χ0) is 11.2. The number of nitrogen functional groups attached to an aromatic ring is 1. The minimum absolute atomic E-state index is 0.103. The van der Waals surface area contributed by atoms with Gasteiger partial charge in [0.2, 0.25) is 0 Å². The Morgan fingerprint density at radius 1 is 1.13 bits per heavy atom. The first kappa shape index (κ1) is 9.82. The molecule has 2 heterocycles. The highest BCUT2D eigenvalue weighted by atomic mass is 16.1. The number of nitrogens with zero attached hydrogens (tertiary/aromatic N) is 4. The lowest BCUT2D eigenvalue weighted by Crippen LogP contribution is -2.42. The molecule has 6 nitrogen and oxygen atoms in total. The fraction of sp³-hybridized carbons (Fsp3) is 0.556. The summed E-state index contributed by atoms with van der Waals surface area (Å²) in [7, 11) is 5.43. The number of aryl methyl sites for hydroxylation is 1. The summed E-state index contributed by atoms with van der Waals surface area (Å²) in [6.07, 6.45) is 0. The Hall–Kier alpha value is -1.72. The van der Waals surface area contributed by atoms with Crippen molar-refractivity contribution in [1.82, 2.24) is 9.78 Å². The van der Waals surface area contributed by atoms with Crippen LogP contribution in [0.25, 0.3) is 0 Å². The molecule has 0 unspecified atom stereocenters. The van der Waals surface area contributed by atoms with Crippen LogP contribution in [0.4, 0.5) is 17.2 Å². The fourth-order valence-electron chi connectivity index (χ4n) is 1.87. The molecule has 1 aromatic heterocycles. The van der Waals surface area contributed by atoms with Crippen LogP contribution in [0.1, 0.15) is 0 Å². The summed E-state index contributed by atoms with van der Waals surface area (Å²) in [5.74, 6) is 0.404. The molecule has 1 aliphatic rings. The van der Waals surface area contributed by atoms with Crippen LogP contribution in [0.3, 0.4) is 0 Å². The lowest BCUT2D eigenvalue weighted by molar-refractivity contribution is 0.689. The van der Waals surface area contributed by atoms with Gasteiger partial charge in [0.25, 0.3) is 5.56 Å². The van der Waals surface area contributed by atoms with Crippen molar-refractivity contribution in [2.75, 3.05) is 42.7 Å². The SMILES string of the molecule is CN1CCN(C)c2c1c(N)nn(C)c2=O. The second-order valence-corrected chi connectivity index (χ2v) is 3.85. The maximum atomic E-state index is 11.9. The van der Waals surface area contributed by atoms with Gasteiger partial charge < -0.3 is 15.5 Å². The number of nitrogens with two attached hydrogens (primary N) is 1. The van der Waals surface area contributed by atoms with Gasteiger partial charge in [-0.05, 0) is 0 Å². The number of fused-ring (bicyclic) bond motifs is 1. The minimum Gasteiger partial charge on any atom is -0.380 e. The molecule has 0 fully saturated rings. The average Bonchev–Trinajstić information content (AvgIpc) is 2.18. The Bertz CT molecular complexity index is 453. The van der Waals surface area contributed by atoms with Crippen molar-refractivity contribution in [2.45, 2.75) is 0 Å². The molecule has 0 aromatic carbocycles. The van der Waals surface area contributed by atoms with Gasteiger partial charge in [0.05, 0.1) is 0 Å². The zero-order valence-corrected chi connectivity index (χ0v) is 9.19. The van der Waals surface area contributed by atoms with E-state index in [4.69, 9.17) is 5.73 Å². The normalized spacial score (nSPS) is 15.4. The van der Waals surface area contributed by atoms with Gasteiger partial charge in [-0.2, -0.15) is 5.10 Å². The first-order valence-electron chi connectivity index (χ1n) is 4.81. The van der Waals surface area contributed by atoms with E-state index in [1.807, 2.05) is 23.9 Å². The number of hydrogen-bond donors (Lipinski definition) is 1. The first-order chi connectivity index (χ1) is 7.02. The molecular weight excluding hydrogens is 194 g/mol. The van der Waals surface area contributed by atoms with Gasteiger partial charge in [-0.25, -0.2) is 4.68 Å². The van der Waals surface area contributed by atoms with Crippen molar-refractivity contribution in [1.29, 1.82) is 0 Å². The van der Waals surface area contributed by atoms with Crippen molar-refractivity contribution >= 4 is 17.2 Å². The number of rotatable bonds is 0. The fourth-order valence-corrected chi connectivity index (χ4v) is 1.87. The summed E-state index contributed by atoms with van der Waals surface area (Å²) in [4.78, 5) is 15.8. The van der Waals surface area contributed by atoms with Gasteiger partial charge in [-0.3, -0.25) is 4.79 Å². The molecule has 0 saturated carbocycles. The van der Waals surface area contributed by atoms with E-state index in [1.165, 1.54) is 4.68 Å². The number of hydrogen-bond acceptors (Lipinski definition) is 5. The highest BCUT2D eigenvalue weighted by Crippen LogP contribution is 2.31. The molecule has 0 bridgehead atoms. The third kappa shape index (κ3) is 1.33. The van der Waals surface area contributed by atoms with E-state index in [0.29, 0.717) is 11.5 Å². The van der Waals surface area contributed by atoms with Crippen molar-refractivity contribution in [3.05, 3.63) is 10.4 Å². The summed E-state index contributed by atoms with van der Waals surface area (Å²) in [6.45, 7) is 1.67. The smallest absolute Gasteiger partial charge is 0.292 e. The van der Waals surface area contributed by atoms with E-state index < -0.39 is 0 Å². The Morgan fingerprint density at radius 3 is 2.27 bits per heavy atom. The third-order valence-electron chi connectivity index (χ3n) is 2.76. The first-order valence-corrected chi connectivity index (χ1v) is 4.81. The number of anilines is 3. The topological polar surface area (TPSA) is 67.4 Å². The average molecular weight is 209 g/mol. The van der Waals surface area contributed by atoms with Gasteiger partial charge in [-0.15, -0.1) is 0 Å². The van der Waals surface area contributed by atoms with Crippen molar-refractivity contribution in [2.24, 2.45) is 7.05 Å². The van der Waals surface area contributed by atoms with Gasteiger partial charge in [0.1, 0.15) is 11.4 Å². The van der Waals surface area contributed by atoms with Crippen molar-refractivity contribution < 1.29 is 0 Å². The Kier molecular flexibility index (Phi) is 2.06. The molecule has 0 amide bonds. The molecule has 0 atom stereocenters. The Labute approximate surface area is 87.9 Å². The molecule has 2 rings (SSSR count). The standard InChI is InChI=1S/C9H15N5O/c1-12-4-5-13(2)7-6(12)8(10)11-14(3)9(7)15/h4-5H2,1-3H3,(H2,10,11). The summed E-state index contributed by atoms with van der Waals surface area (Å²) < 4.78 is 1.28. The lowest BCUT2D eigenvalue weighted by Gasteiger charge is -2.34. The largest absolute Gasteiger partial charge is 0.380 e. The van der Waals surface area contributed by atoms with E-state index in [2.05, 4.69) is 5.10 Å². The van der Waals surface area contributed by atoms with Crippen LogP contribution in [0.2, 0.25) is 0 Å². The number of likely N-dealkylation sites (N-methyl/N-ethyl adjacent to an activating group) is 2. The van der Waals surface area contributed by atoms with E-state index in [1.54, 1.807) is 7.05 Å². The van der Waals surface area contributed by atoms with Crippen LogP contribution in [0.5, 0.6) is 0 Å². The van der Waals surface area contributed by atoms with Crippen LogP contribution < -0.4 is 21.1 Å². The molecule has 2 N–H and O–H groups in total. The van der Waals surface area contributed by atoms with Crippen LogP contribution in [-0.4, -0.2) is 37.0 Å². The summed E-state index contributed by atoms with van der Waals surface area (Å²) in [6, 6.07) is 0. The lowest BCUT2D eigenvalue weighted by atomic mass is 10.2. The minimum atomic E-state index is -0.103. The maximum absolute atomic E-state index is 11.9. The van der Waals surface area contributed by atoms with Crippen molar-refractivity contribution in [3.63, 3.8) is 0 Å². The van der Waals surface area contributed by atoms with E-state index in [-0.39, 0.29) is 5.56 Å². The number of aromatic nitrogens is 2. The molecule has 1 aromatic rings. The van der Waals surface area contributed by atoms with Crippen LogP contribution in [0, 0.1) is 0 Å². The summed E-state index contributed by atoms with van der Waals surface area (Å²) in [5, 5.41) is 3.98. The molecule has 82 valence electrons. The van der Waals surface area contributed by atoms with E-state index in [0.717, 1.165) is 18.8 Å². The van der Waals surface area contributed by atoms with Gasteiger partial charge in [0, 0.05) is 34.2 Å². The summed E-state index contributed by atoms with van der Waals surface area (Å²) >= 11 is 0. The van der Waals surface area contributed by atoms with Gasteiger partial charge in [0.15, 0.2) is 5.82 Å². The quantitative estimate of drug-likeness (QED) is 0.609. The monoisotopic (exact) mass is 209 g/mol. The van der Waals surface area contributed by atoms with Crippen molar-refractivity contribution in [3.8, 4) is 0 Å². The molecular formula is C9H15N5O. The molecule has 1 aliphatic heterocycles. The van der Waals surface area contributed by atoms with Gasteiger partial charge >= 0.3 is 0 Å². The van der Waals surface area contributed by atoms with Crippen LogP contribution in [0.15, 0.2) is 4.79 Å². The van der Waals surface area contributed by atoms with Crippen LogP contribution >= 0.6 is 0 Å². The zero-order valence-electron chi connectivity index (χ0n) is 9.19.